The van der Waals surface area contributed by atoms with Gasteiger partial charge in [-0.25, -0.2) is 0 Å². The first-order valence-electron chi connectivity index (χ1n) is 6.24. The number of hydrogen-bond donors (Lipinski definition) is 1. The van der Waals surface area contributed by atoms with Gasteiger partial charge in [0.2, 0.25) is 0 Å². The van der Waals surface area contributed by atoms with Gasteiger partial charge in [0.1, 0.15) is 0 Å². The summed E-state index contributed by atoms with van der Waals surface area (Å²) >= 11 is 13.5. The molecule has 0 radical (unpaired) electrons. The van der Waals surface area contributed by atoms with Gasteiger partial charge in [-0.05, 0) is 35.2 Å². The first-order valence-corrected chi connectivity index (χ1v) is 7.81. The Hall–Kier alpha value is -1.06. The molecule has 0 aliphatic carbocycles. The summed E-state index contributed by atoms with van der Waals surface area (Å²) in [6.45, 7) is 0. The highest BCUT2D eigenvalue weighted by Gasteiger charge is 2.13. The molecule has 1 heterocycles. The van der Waals surface area contributed by atoms with Crippen molar-refractivity contribution in [3.8, 4) is 0 Å². The second kappa shape index (κ2) is 5.74. The summed E-state index contributed by atoms with van der Waals surface area (Å²) in [5.41, 5.74) is 0.976. The fourth-order valence-electron chi connectivity index (χ4n) is 2.16. The lowest BCUT2D eigenvalue weighted by atomic mass is 10.1. The average Bonchev–Trinajstić information content (AvgIpc) is 2.87. The molecule has 1 aromatic heterocycles. The van der Waals surface area contributed by atoms with Crippen LogP contribution in [0.1, 0.15) is 16.5 Å². The van der Waals surface area contributed by atoms with Crippen molar-refractivity contribution in [2.45, 2.75) is 12.5 Å². The lowest BCUT2D eigenvalue weighted by Gasteiger charge is -2.09. The van der Waals surface area contributed by atoms with E-state index in [1.807, 2.05) is 24.3 Å². The molecule has 1 atom stereocenters. The Balaban J connectivity index is 1.84. The van der Waals surface area contributed by atoms with E-state index in [1.165, 1.54) is 10.1 Å². The van der Waals surface area contributed by atoms with Crippen molar-refractivity contribution in [2.24, 2.45) is 0 Å². The Labute approximate surface area is 131 Å². The monoisotopic (exact) mass is 322 g/mol. The first kappa shape index (κ1) is 13.9. The van der Waals surface area contributed by atoms with E-state index < -0.39 is 6.10 Å². The molecule has 4 heteroatoms. The molecule has 1 N–H and O–H groups in total. The molecule has 0 aliphatic heterocycles. The van der Waals surface area contributed by atoms with Gasteiger partial charge in [0, 0.05) is 16.0 Å². The second-order valence-corrected chi connectivity index (χ2v) is 6.58. The molecule has 0 aliphatic rings. The van der Waals surface area contributed by atoms with Gasteiger partial charge in [-0.2, -0.15) is 0 Å². The molecule has 102 valence electrons. The second-order valence-electron chi connectivity index (χ2n) is 4.65. The van der Waals surface area contributed by atoms with Gasteiger partial charge >= 0.3 is 0 Å². The number of aliphatic hydroxyl groups excluding tert-OH is 1. The Kier molecular flexibility index (Phi) is 3.99. The summed E-state index contributed by atoms with van der Waals surface area (Å²) < 4.78 is 1.19. The van der Waals surface area contributed by atoms with Crippen LogP contribution in [0.2, 0.25) is 10.0 Å². The zero-order valence-corrected chi connectivity index (χ0v) is 12.8. The predicted molar refractivity (Wildman–Crippen MR) is 87.0 cm³/mol. The van der Waals surface area contributed by atoms with E-state index in [2.05, 4.69) is 12.1 Å². The molecule has 2 aromatic carbocycles. The SMILES string of the molecule is OC(Cc1ccc(Cl)c(Cl)c1)c1cc2ccccc2s1. The maximum atomic E-state index is 10.4. The van der Waals surface area contributed by atoms with E-state index in [1.54, 1.807) is 23.5 Å². The maximum absolute atomic E-state index is 10.4. The summed E-state index contributed by atoms with van der Waals surface area (Å²) in [6.07, 6.45) is 0.00798. The lowest BCUT2D eigenvalue weighted by Crippen LogP contribution is -1.99. The average molecular weight is 323 g/mol. The molecule has 1 unspecified atom stereocenters. The van der Waals surface area contributed by atoms with Crippen LogP contribution in [0.25, 0.3) is 10.1 Å². The van der Waals surface area contributed by atoms with Crippen molar-refractivity contribution in [2.75, 3.05) is 0 Å². The third-order valence-corrected chi connectivity index (χ3v) is 5.14. The van der Waals surface area contributed by atoms with Crippen LogP contribution in [0.15, 0.2) is 48.5 Å². The van der Waals surface area contributed by atoms with Crippen molar-refractivity contribution in [3.05, 3.63) is 69.0 Å². The standard InChI is InChI=1S/C16H12Cl2OS/c17-12-6-5-10(7-13(12)18)8-14(19)16-9-11-3-1-2-4-15(11)20-16/h1-7,9,14,19H,8H2. The van der Waals surface area contributed by atoms with Crippen molar-refractivity contribution in [1.82, 2.24) is 0 Å². The van der Waals surface area contributed by atoms with Gasteiger partial charge in [-0.1, -0.05) is 47.5 Å². The van der Waals surface area contributed by atoms with Crippen LogP contribution >= 0.6 is 34.5 Å². The Morgan fingerprint density at radius 2 is 1.80 bits per heavy atom. The number of halogens is 2. The molecule has 0 amide bonds. The van der Waals surface area contributed by atoms with E-state index in [9.17, 15) is 5.11 Å². The number of rotatable bonds is 3. The summed E-state index contributed by atoms with van der Waals surface area (Å²) in [5, 5.41) is 12.6. The van der Waals surface area contributed by atoms with Gasteiger partial charge in [0.05, 0.1) is 16.1 Å². The third kappa shape index (κ3) is 2.84. The number of benzene rings is 2. The molecule has 0 spiro atoms. The fraction of sp³-hybridized carbons (Fsp3) is 0.125. The van der Waals surface area contributed by atoms with Crippen molar-refractivity contribution in [3.63, 3.8) is 0 Å². The smallest absolute Gasteiger partial charge is 0.0922 e. The Morgan fingerprint density at radius 1 is 1.00 bits per heavy atom. The minimum absolute atomic E-state index is 0.521. The normalized spacial score (nSPS) is 12.8. The summed E-state index contributed by atoms with van der Waals surface area (Å²) in [7, 11) is 0. The van der Waals surface area contributed by atoms with E-state index in [4.69, 9.17) is 23.2 Å². The molecular weight excluding hydrogens is 311 g/mol. The van der Waals surface area contributed by atoms with Gasteiger partial charge in [-0.15, -0.1) is 11.3 Å². The number of fused-ring (bicyclic) bond motifs is 1. The fourth-order valence-corrected chi connectivity index (χ4v) is 3.53. The molecule has 0 fully saturated rings. The van der Waals surface area contributed by atoms with Gasteiger partial charge in [0.15, 0.2) is 0 Å². The molecule has 0 saturated carbocycles. The molecule has 20 heavy (non-hydrogen) atoms. The minimum Gasteiger partial charge on any atom is -0.387 e. The van der Waals surface area contributed by atoms with Gasteiger partial charge in [-0.3, -0.25) is 0 Å². The molecule has 0 bridgehead atoms. The van der Waals surface area contributed by atoms with E-state index in [-0.39, 0.29) is 0 Å². The highest BCUT2D eigenvalue weighted by molar-refractivity contribution is 7.19. The van der Waals surface area contributed by atoms with Gasteiger partial charge in [0.25, 0.3) is 0 Å². The van der Waals surface area contributed by atoms with E-state index in [0.717, 1.165) is 10.4 Å². The zero-order chi connectivity index (χ0) is 14.1. The minimum atomic E-state index is -0.523. The highest BCUT2D eigenvalue weighted by Crippen LogP contribution is 2.32. The molecule has 3 rings (SSSR count). The van der Waals surface area contributed by atoms with Crippen LogP contribution in [0.5, 0.6) is 0 Å². The summed E-state index contributed by atoms with van der Waals surface area (Å²) in [5.74, 6) is 0. The third-order valence-electron chi connectivity index (χ3n) is 3.19. The summed E-state index contributed by atoms with van der Waals surface area (Å²) in [6, 6.07) is 15.6. The highest BCUT2D eigenvalue weighted by atomic mass is 35.5. The molecule has 0 saturated heterocycles. The van der Waals surface area contributed by atoms with Gasteiger partial charge < -0.3 is 5.11 Å². The quantitative estimate of drug-likeness (QED) is 0.676. The largest absolute Gasteiger partial charge is 0.387 e. The van der Waals surface area contributed by atoms with Crippen LogP contribution in [0.4, 0.5) is 0 Å². The number of hydrogen-bond acceptors (Lipinski definition) is 2. The summed E-state index contributed by atoms with van der Waals surface area (Å²) in [4.78, 5) is 0.970. The van der Waals surface area contributed by atoms with Crippen LogP contribution in [0, 0.1) is 0 Å². The molecule has 3 aromatic rings. The van der Waals surface area contributed by atoms with E-state index in [0.29, 0.717) is 16.5 Å². The predicted octanol–water partition coefficient (Wildman–Crippen LogP) is 5.48. The molecule has 1 nitrogen and oxygen atoms in total. The van der Waals surface area contributed by atoms with Crippen molar-refractivity contribution in [1.29, 1.82) is 0 Å². The first-order chi connectivity index (χ1) is 9.63. The molecular formula is C16H12Cl2OS. The van der Waals surface area contributed by atoms with E-state index >= 15 is 0 Å². The van der Waals surface area contributed by atoms with Crippen molar-refractivity contribution < 1.29 is 5.11 Å². The van der Waals surface area contributed by atoms with Crippen LogP contribution in [-0.2, 0) is 6.42 Å². The zero-order valence-electron chi connectivity index (χ0n) is 10.5. The van der Waals surface area contributed by atoms with Crippen LogP contribution in [-0.4, -0.2) is 5.11 Å². The van der Waals surface area contributed by atoms with Crippen molar-refractivity contribution >= 4 is 44.6 Å². The van der Waals surface area contributed by atoms with Crippen LogP contribution in [0.3, 0.4) is 0 Å². The maximum Gasteiger partial charge on any atom is 0.0922 e. The Morgan fingerprint density at radius 3 is 2.55 bits per heavy atom. The topological polar surface area (TPSA) is 20.2 Å². The Bertz CT molecular complexity index is 718. The number of thiophene rings is 1. The van der Waals surface area contributed by atoms with Crippen LogP contribution < -0.4 is 0 Å². The number of aliphatic hydroxyl groups is 1. The lowest BCUT2D eigenvalue weighted by molar-refractivity contribution is 0.182.